The lowest BCUT2D eigenvalue weighted by atomic mass is 9.87. The van der Waals surface area contributed by atoms with Gasteiger partial charge < -0.3 is 5.43 Å². The Hall–Kier alpha value is -4.01. The van der Waals surface area contributed by atoms with Crippen molar-refractivity contribution in [1.82, 2.24) is 10.9 Å². The number of nitro groups is 1. The van der Waals surface area contributed by atoms with Crippen LogP contribution in [0.3, 0.4) is 0 Å². The summed E-state index contributed by atoms with van der Waals surface area (Å²) >= 11 is 0. The predicted molar refractivity (Wildman–Crippen MR) is 122 cm³/mol. The SMILES string of the molecule is CC1=NN(c2cccc([N+](=O)[O-])c2)C(=O)/C1=C(/C)NNC(=O)c1ccc(C(C)(C)C)cc1. The summed E-state index contributed by atoms with van der Waals surface area (Å²) in [6.07, 6.45) is 0. The van der Waals surface area contributed by atoms with Gasteiger partial charge >= 0.3 is 0 Å². The second kappa shape index (κ2) is 8.62. The van der Waals surface area contributed by atoms with Crippen LogP contribution in [0.15, 0.2) is 64.9 Å². The molecule has 0 spiro atoms. The van der Waals surface area contributed by atoms with Crippen molar-refractivity contribution in [3.63, 3.8) is 0 Å². The van der Waals surface area contributed by atoms with Crippen molar-refractivity contribution < 1.29 is 14.5 Å². The van der Waals surface area contributed by atoms with Gasteiger partial charge in [-0.25, -0.2) is 0 Å². The number of rotatable bonds is 5. The molecule has 1 aliphatic heterocycles. The summed E-state index contributed by atoms with van der Waals surface area (Å²) in [4.78, 5) is 35.9. The Bertz CT molecular complexity index is 1140. The van der Waals surface area contributed by atoms with E-state index in [1.54, 1.807) is 32.0 Å². The van der Waals surface area contributed by atoms with E-state index in [1.807, 2.05) is 12.1 Å². The first-order valence-corrected chi connectivity index (χ1v) is 10.0. The van der Waals surface area contributed by atoms with E-state index in [9.17, 15) is 19.7 Å². The highest BCUT2D eigenvalue weighted by molar-refractivity contribution is 6.30. The van der Waals surface area contributed by atoms with Gasteiger partial charge in [-0.2, -0.15) is 10.1 Å². The van der Waals surface area contributed by atoms with Crippen LogP contribution in [0.25, 0.3) is 0 Å². The van der Waals surface area contributed by atoms with Crippen LogP contribution in [0, 0.1) is 10.1 Å². The van der Waals surface area contributed by atoms with Crippen LogP contribution >= 0.6 is 0 Å². The Balaban J connectivity index is 1.74. The van der Waals surface area contributed by atoms with Gasteiger partial charge in [-0.1, -0.05) is 39.0 Å². The van der Waals surface area contributed by atoms with Gasteiger partial charge in [0.1, 0.15) is 0 Å². The zero-order valence-electron chi connectivity index (χ0n) is 18.6. The zero-order valence-corrected chi connectivity index (χ0v) is 18.6. The highest BCUT2D eigenvalue weighted by atomic mass is 16.6. The molecule has 9 heteroatoms. The third-order valence-corrected chi connectivity index (χ3v) is 5.05. The van der Waals surface area contributed by atoms with Gasteiger partial charge in [0.25, 0.3) is 17.5 Å². The third-order valence-electron chi connectivity index (χ3n) is 5.05. The number of carbonyl (C=O) groups is 2. The molecule has 2 N–H and O–H groups in total. The molecule has 1 aliphatic rings. The molecule has 0 atom stereocenters. The zero-order chi connectivity index (χ0) is 23.6. The second-order valence-corrected chi connectivity index (χ2v) is 8.49. The van der Waals surface area contributed by atoms with Gasteiger partial charge in [0, 0.05) is 23.4 Å². The number of benzene rings is 2. The fourth-order valence-corrected chi connectivity index (χ4v) is 3.26. The molecule has 0 saturated heterocycles. The van der Waals surface area contributed by atoms with Gasteiger partial charge in [-0.3, -0.25) is 25.1 Å². The molecule has 0 radical (unpaired) electrons. The second-order valence-electron chi connectivity index (χ2n) is 8.49. The molecule has 2 amide bonds. The number of nitrogens with zero attached hydrogens (tertiary/aromatic N) is 3. The first kappa shape index (κ1) is 22.7. The number of hydrazone groups is 1. The van der Waals surface area contributed by atoms with Crippen molar-refractivity contribution in [3.05, 3.63) is 81.0 Å². The first-order valence-electron chi connectivity index (χ1n) is 10.0. The summed E-state index contributed by atoms with van der Waals surface area (Å²) in [5.41, 5.74) is 8.20. The molecule has 3 rings (SSSR count). The maximum atomic E-state index is 12.9. The monoisotopic (exact) mass is 435 g/mol. The molecule has 2 aromatic carbocycles. The minimum atomic E-state index is -0.534. The summed E-state index contributed by atoms with van der Waals surface area (Å²) < 4.78 is 0. The molecule has 9 nitrogen and oxygen atoms in total. The van der Waals surface area contributed by atoms with Crippen LogP contribution in [0.4, 0.5) is 11.4 Å². The molecule has 0 saturated carbocycles. The first-order chi connectivity index (χ1) is 15.0. The third kappa shape index (κ3) is 4.66. The molecule has 0 bridgehead atoms. The van der Waals surface area contributed by atoms with E-state index in [0.717, 1.165) is 10.6 Å². The molecule has 0 fully saturated rings. The molecular formula is C23H25N5O4. The number of non-ortho nitro benzene ring substituents is 1. The fourth-order valence-electron chi connectivity index (χ4n) is 3.26. The number of amides is 2. The molecule has 0 aliphatic carbocycles. The van der Waals surface area contributed by atoms with Crippen molar-refractivity contribution in [2.75, 3.05) is 5.01 Å². The van der Waals surface area contributed by atoms with Gasteiger partial charge in [-0.15, -0.1) is 0 Å². The number of allylic oxidation sites excluding steroid dienone is 1. The van der Waals surface area contributed by atoms with E-state index in [2.05, 4.69) is 36.7 Å². The van der Waals surface area contributed by atoms with Gasteiger partial charge in [-0.05, 0) is 43.0 Å². The van der Waals surface area contributed by atoms with Crippen LogP contribution in [-0.4, -0.2) is 22.4 Å². The number of nitrogens with one attached hydrogen (secondary N) is 2. The van der Waals surface area contributed by atoms with Gasteiger partial charge in [0.2, 0.25) is 0 Å². The number of hydrazine groups is 1. The Kier molecular flexibility index (Phi) is 6.11. The van der Waals surface area contributed by atoms with Gasteiger partial charge in [0.05, 0.1) is 21.9 Å². The summed E-state index contributed by atoms with van der Waals surface area (Å²) in [5, 5.41) is 16.4. The van der Waals surface area contributed by atoms with Crippen molar-refractivity contribution >= 4 is 28.9 Å². The maximum Gasteiger partial charge on any atom is 0.282 e. The Labute approximate surface area is 185 Å². The van der Waals surface area contributed by atoms with E-state index in [1.165, 1.54) is 18.2 Å². The number of hydrogen-bond donors (Lipinski definition) is 2. The summed E-state index contributed by atoms with van der Waals surface area (Å²) in [6, 6.07) is 13.0. The van der Waals surface area contributed by atoms with Crippen LogP contribution in [0.5, 0.6) is 0 Å². The maximum absolute atomic E-state index is 12.9. The molecular weight excluding hydrogens is 410 g/mol. The van der Waals surface area contributed by atoms with E-state index in [4.69, 9.17) is 0 Å². The van der Waals surface area contributed by atoms with Crippen LogP contribution in [0.2, 0.25) is 0 Å². The lowest BCUT2D eigenvalue weighted by Gasteiger charge is -2.19. The summed E-state index contributed by atoms with van der Waals surface area (Å²) in [7, 11) is 0. The van der Waals surface area contributed by atoms with E-state index in [-0.39, 0.29) is 28.3 Å². The van der Waals surface area contributed by atoms with Crippen molar-refractivity contribution in [1.29, 1.82) is 0 Å². The Morgan fingerprint density at radius 3 is 2.34 bits per heavy atom. The molecule has 0 unspecified atom stereocenters. The van der Waals surface area contributed by atoms with E-state index in [0.29, 0.717) is 17.0 Å². The average Bonchev–Trinajstić information content (AvgIpc) is 3.05. The molecule has 32 heavy (non-hydrogen) atoms. The topological polar surface area (TPSA) is 117 Å². The number of nitro benzene ring substituents is 1. The van der Waals surface area contributed by atoms with Crippen molar-refractivity contribution in [3.8, 4) is 0 Å². The quantitative estimate of drug-likeness (QED) is 0.421. The molecule has 2 aromatic rings. The molecule has 1 heterocycles. The fraction of sp³-hybridized carbons (Fsp3) is 0.261. The van der Waals surface area contributed by atoms with Crippen LogP contribution < -0.4 is 15.9 Å². The average molecular weight is 435 g/mol. The standard InChI is InChI=1S/C23H25N5O4/c1-14(24-25-21(29)16-9-11-17(12-10-16)23(3,4)5)20-15(2)26-27(22(20)30)18-7-6-8-19(13-18)28(31)32/h6-13,24H,1-5H3,(H,25,29)/b20-14-. The summed E-state index contributed by atoms with van der Waals surface area (Å²) in [5.74, 6) is -0.794. The minimum Gasteiger partial charge on any atom is -0.302 e. The predicted octanol–water partition coefficient (Wildman–Crippen LogP) is 3.82. The molecule has 166 valence electrons. The summed E-state index contributed by atoms with van der Waals surface area (Å²) in [6.45, 7) is 9.59. The van der Waals surface area contributed by atoms with Crippen molar-refractivity contribution in [2.24, 2.45) is 5.10 Å². The van der Waals surface area contributed by atoms with Crippen molar-refractivity contribution in [2.45, 2.75) is 40.0 Å². The lowest BCUT2D eigenvalue weighted by molar-refractivity contribution is -0.384. The Morgan fingerprint density at radius 1 is 1.09 bits per heavy atom. The molecule has 0 aromatic heterocycles. The highest BCUT2D eigenvalue weighted by Gasteiger charge is 2.31. The largest absolute Gasteiger partial charge is 0.302 e. The minimum absolute atomic E-state index is 0.0149. The number of anilines is 1. The smallest absolute Gasteiger partial charge is 0.282 e. The van der Waals surface area contributed by atoms with E-state index < -0.39 is 10.8 Å². The normalized spacial score (nSPS) is 15.3. The number of hydrogen-bond acceptors (Lipinski definition) is 6. The lowest BCUT2D eigenvalue weighted by Crippen LogP contribution is -2.37. The number of carbonyl (C=O) groups excluding carboxylic acids is 2. The van der Waals surface area contributed by atoms with Crippen LogP contribution in [-0.2, 0) is 10.2 Å². The van der Waals surface area contributed by atoms with Crippen LogP contribution in [0.1, 0.15) is 50.5 Å². The highest BCUT2D eigenvalue weighted by Crippen LogP contribution is 2.27. The Morgan fingerprint density at radius 2 is 1.75 bits per heavy atom. The van der Waals surface area contributed by atoms with E-state index >= 15 is 0 Å². The van der Waals surface area contributed by atoms with Gasteiger partial charge in [0.15, 0.2) is 0 Å².